The molecule has 0 radical (unpaired) electrons. The van der Waals surface area contributed by atoms with Crippen LogP contribution >= 0.6 is 0 Å². The van der Waals surface area contributed by atoms with Crippen molar-refractivity contribution >= 4 is 11.8 Å². The predicted molar refractivity (Wildman–Crippen MR) is 78.3 cm³/mol. The van der Waals surface area contributed by atoms with Crippen LogP contribution in [0.5, 0.6) is 0 Å². The van der Waals surface area contributed by atoms with Gasteiger partial charge < -0.3 is 21.1 Å². The molecule has 0 aromatic heterocycles. The third-order valence-corrected chi connectivity index (χ3v) is 3.64. The molecule has 1 aromatic carbocycles. The fourth-order valence-corrected chi connectivity index (χ4v) is 2.41. The van der Waals surface area contributed by atoms with E-state index in [1.165, 1.54) is 4.90 Å². The first-order valence-electron chi connectivity index (χ1n) is 7.06. The monoisotopic (exact) mass is 291 g/mol. The first kappa shape index (κ1) is 15.5. The molecule has 6 heteroatoms. The number of benzene rings is 1. The van der Waals surface area contributed by atoms with Gasteiger partial charge in [-0.2, -0.15) is 0 Å². The van der Waals surface area contributed by atoms with E-state index >= 15 is 0 Å². The van der Waals surface area contributed by atoms with E-state index in [2.05, 4.69) is 0 Å². The van der Waals surface area contributed by atoms with Crippen molar-refractivity contribution in [3.05, 3.63) is 35.9 Å². The van der Waals surface area contributed by atoms with Gasteiger partial charge in [-0.25, -0.2) is 0 Å². The van der Waals surface area contributed by atoms with Crippen molar-refractivity contribution in [3.8, 4) is 0 Å². The summed E-state index contributed by atoms with van der Waals surface area (Å²) < 4.78 is 5.20. The molecule has 0 bridgehead atoms. The molecule has 21 heavy (non-hydrogen) atoms. The van der Waals surface area contributed by atoms with Gasteiger partial charge in [-0.3, -0.25) is 9.59 Å². The third kappa shape index (κ3) is 4.03. The Morgan fingerprint density at radius 2 is 2.05 bits per heavy atom. The van der Waals surface area contributed by atoms with E-state index in [9.17, 15) is 9.59 Å². The van der Waals surface area contributed by atoms with Gasteiger partial charge >= 0.3 is 0 Å². The minimum Gasteiger partial charge on any atom is -0.377 e. The highest BCUT2D eigenvalue weighted by molar-refractivity contribution is 5.89. The number of hydrogen-bond acceptors (Lipinski definition) is 4. The molecular weight excluding hydrogens is 270 g/mol. The minimum atomic E-state index is -0.714. The van der Waals surface area contributed by atoms with Crippen LogP contribution in [0.4, 0.5) is 0 Å². The lowest BCUT2D eigenvalue weighted by Gasteiger charge is -2.35. The van der Waals surface area contributed by atoms with Crippen LogP contribution in [-0.2, 0) is 20.7 Å². The summed E-state index contributed by atoms with van der Waals surface area (Å²) in [5, 5.41) is 0. The number of primary amides is 1. The molecule has 1 aliphatic heterocycles. The first-order chi connectivity index (χ1) is 10.1. The van der Waals surface area contributed by atoms with Crippen molar-refractivity contribution in [2.75, 3.05) is 19.8 Å². The maximum atomic E-state index is 12.4. The number of carbonyl (C=O) groups excluding carboxylic acids is 2. The van der Waals surface area contributed by atoms with Crippen LogP contribution in [0.25, 0.3) is 0 Å². The van der Waals surface area contributed by atoms with E-state index in [-0.39, 0.29) is 12.5 Å². The lowest BCUT2D eigenvalue weighted by atomic mass is 10.0. The summed E-state index contributed by atoms with van der Waals surface area (Å²) in [6, 6.07) is 8.50. The lowest BCUT2D eigenvalue weighted by Crippen LogP contribution is -2.58. The van der Waals surface area contributed by atoms with Gasteiger partial charge in [0.05, 0.1) is 19.3 Å². The first-order valence-corrected chi connectivity index (χ1v) is 7.06. The number of ether oxygens (including phenoxy) is 1. The number of morpholine rings is 1. The third-order valence-electron chi connectivity index (χ3n) is 3.64. The Labute approximate surface area is 124 Å². The Morgan fingerprint density at radius 3 is 2.71 bits per heavy atom. The number of carbonyl (C=O) groups is 2. The Bertz CT molecular complexity index is 492. The van der Waals surface area contributed by atoms with Gasteiger partial charge in [0, 0.05) is 6.54 Å². The summed E-state index contributed by atoms with van der Waals surface area (Å²) in [4.78, 5) is 25.2. The topological polar surface area (TPSA) is 98.7 Å². The number of aryl methyl sites for hydroxylation is 1. The van der Waals surface area contributed by atoms with Gasteiger partial charge in [0.15, 0.2) is 0 Å². The highest BCUT2D eigenvalue weighted by Crippen LogP contribution is 2.11. The van der Waals surface area contributed by atoms with Gasteiger partial charge in [-0.1, -0.05) is 30.3 Å². The van der Waals surface area contributed by atoms with Gasteiger partial charge in [0.2, 0.25) is 11.8 Å². The summed E-state index contributed by atoms with van der Waals surface area (Å²) in [7, 11) is 0. The summed E-state index contributed by atoms with van der Waals surface area (Å²) in [5.74, 6) is -0.795. The van der Waals surface area contributed by atoms with Crippen LogP contribution in [-0.4, -0.2) is 48.6 Å². The van der Waals surface area contributed by atoms with E-state index in [0.29, 0.717) is 19.6 Å². The smallest absolute Gasteiger partial charge is 0.242 e. The summed E-state index contributed by atoms with van der Waals surface area (Å²) in [6.45, 7) is 0.902. The van der Waals surface area contributed by atoms with E-state index in [0.717, 1.165) is 12.0 Å². The molecular formula is C15H21N3O3. The quantitative estimate of drug-likeness (QED) is 0.775. The Balaban J connectivity index is 1.93. The summed E-state index contributed by atoms with van der Waals surface area (Å²) in [6.07, 6.45) is 1.25. The summed E-state index contributed by atoms with van der Waals surface area (Å²) in [5.41, 5.74) is 12.4. The molecule has 1 aliphatic rings. The highest BCUT2D eigenvalue weighted by atomic mass is 16.5. The molecule has 2 amide bonds. The van der Waals surface area contributed by atoms with Crippen molar-refractivity contribution in [3.63, 3.8) is 0 Å². The van der Waals surface area contributed by atoms with Crippen molar-refractivity contribution in [1.29, 1.82) is 0 Å². The fourth-order valence-electron chi connectivity index (χ4n) is 2.41. The van der Waals surface area contributed by atoms with Crippen LogP contribution in [0.3, 0.4) is 0 Å². The van der Waals surface area contributed by atoms with Crippen molar-refractivity contribution in [2.24, 2.45) is 11.5 Å². The fraction of sp³-hybridized carbons (Fsp3) is 0.467. The van der Waals surface area contributed by atoms with Gasteiger partial charge in [0.25, 0.3) is 0 Å². The predicted octanol–water partition coefficient (Wildman–Crippen LogP) is -0.341. The highest BCUT2D eigenvalue weighted by Gasteiger charge is 2.33. The molecule has 1 aromatic rings. The molecule has 1 saturated heterocycles. The van der Waals surface area contributed by atoms with Crippen LogP contribution < -0.4 is 11.5 Å². The number of nitrogens with zero attached hydrogens (tertiary/aromatic N) is 1. The van der Waals surface area contributed by atoms with Crippen molar-refractivity contribution < 1.29 is 14.3 Å². The molecule has 1 fully saturated rings. The van der Waals surface area contributed by atoms with Crippen molar-refractivity contribution in [2.45, 2.75) is 24.9 Å². The van der Waals surface area contributed by atoms with Crippen LogP contribution in [0, 0.1) is 0 Å². The second-order valence-electron chi connectivity index (χ2n) is 5.16. The average molecular weight is 291 g/mol. The maximum Gasteiger partial charge on any atom is 0.242 e. The molecule has 4 N–H and O–H groups in total. The molecule has 2 rings (SSSR count). The molecule has 0 saturated carbocycles. The molecule has 1 heterocycles. The Morgan fingerprint density at radius 1 is 1.33 bits per heavy atom. The molecule has 6 nitrogen and oxygen atoms in total. The number of rotatable bonds is 5. The standard InChI is InChI=1S/C15H21N3O3/c16-12(7-6-11-4-2-1-3-5-11)15(20)18-8-9-21-10-13(18)14(17)19/h1-5,12-13H,6-10,16H2,(H2,17,19). The van der Waals surface area contributed by atoms with Crippen LogP contribution in [0.2, 0.25) is 0 Å². The van der Waals surface area contributed by atoms with Gasteiger partial charge in [0.1, 0.15) is 6.04 Å². The Hall–Kier alpha value is -1.92. The zero-order valence-electron chi connectivity index (χ0n) is 11.9. The summed E-state index contributed by atoms with van der Waals surface area (Å²) >= 11 is 0. The normalized spacial score (nSPS) is 20.0. The zero-order chi connectivity index (χ0) is 15.2. The Kier molecular flexibility index (Phi) is 5.30. The SMILES string of the molecule is NC(=O)C1COCCN1C(=O)C(N)CCc1ccccc1. The largest absolute Gasteiger partial charge is 0.377 e. The van der Waals surface area contributed by atoms with E-state index in [1.807, 2.05) is 30.3 Å². The zero-order valence-corrected chi connectivity index (χ0v) is 11.9. The lowest BCUT2D eigenvalue weighted by molar-refractivity contribution is -0.148. The number of amides is 2. The molecule has 114 valence electrons. The minimum absolute atomic E-state index is 0.145. The van der Waals surface area contributed by atoms with Crippen molar-refractivity contribution in [1.82, 2.24) is 4.90 Å². The number of hydrogen-bond donors (Lipinski definition) is 2. The van der Waals surface area contributed by atoms with Gasteiger partial charge in [-0.05, 0) is 18.4 Å². The number of nitrogens with two attached hydrogens (primary N) is 2. The van der Waals surface area contributed by atoms with Crippen LogP contribution in [0.15, 0.2) is 30.3 Å². The second kappa shape index (κ2) is 7.19. The average Bonchev–Trinajstić information content (AvgIpc) is 2.52. The second-order valence-corrected chi connectivity index (χ2v) is 5.16. The molecule has 2 atom stereocenters. The van der Waals surface area contributed by atoms with Gasteiger partial charge in [-0.15, -0.1) is 0 Å². The van der Waals surface area contributed by atoms with E-state index in [4.69, 9.17) is 16.2 Å². The van der Waals surface area contributed by atoms with E-state index < -0.39 is 18.0 Å². The molecule has 0 spiro atoms. The van der Waals surface area contributed by atoms with E-state index in [1.54, 1.807) is 0 Å². The molecule has 0 aliphatic carbocycles. The maximum absolute atomic E-state index is 12.4. The molecule has 2 unspecified atom stereocenters. The van der Waals surface area contributed by atoms with Crippen LogP contribution in [0.1, 0.15) is 12.0 Å².